The van der Waals surface area contributed by atoms with Crippen LogP contribution in [0.2, 0.25) is 5.02 Å². The Labute approximate surface area is 233 Å². The minimum atomic E-state index is -4.14. The third-order valence-corrected chi connectivity index (χ3v) is 8.11. The summed E-state index contributed by atoms with van der Waals surface area (Å²) in [5.41, 5.74) is 3.30. The highest BCUT2D eigenvalue weighted by Crippen LogP contribution is 2.35. The highest BCUT2D eigenvalue weighted by Gasteiger charge is 2.25. The van der Waals surface area contributed by atoms with Crippen LogP contribution in [0.15, 0.2) is 52.5 Å². The summed E-state index contributed by atoms with van der Waals surface area (Å²) < 4.78 is 33.0. The number of carbonyl (C=O) groups excluding carboxylic acids is 2. The van der Waals surface area contributed by atoms with Crippen LogP contribution in [0.5, 0.6) is 0 Å². The highest BCUT2D eigenvalue weighted by atomic mass is 35.5. The molecule has 39 heavy (non-hydrogen) atoms. The molecule has 0 saturated heterocycles. The zero-order chi connectivity index (χ0) is 28.9. The van der Waals surface area contributed by atoms with Gasteiger partial charge in [-0.3, -0.25) is 25.1 Å². The maximum absolute atomic E-state index is 12.8. The van der Waals surface area contributed by atoms with Crippen molar-refractivity contribution in [1.29, 1.82) is 0 Å². The van der Waals surface area contributed by atoms with Crippen molar-refractivity contribution in [3.8, 4) is 0 Å². The van der Waals surface area contributed by atoms with Crippen molar-refractivity contribution in [2.45, 2.75) is 32.6 Å². The van der Waals surface area contributed by atoms with Crippen molar-refractivity contribution in [3.05, 3.63) is 73.6 Å². The molecule has 15 heteroatoms. The van der Waals surface area contributed by atoms with Gasteiger partial charge in [0.25, 0.3) is 15.7 Å². The molecule has 3 aromatic rings. The van der Waals surface area contributed by atoms with Crippen molar-refractivity contribution in [2.75, 3.05) is 22.1 Å². The van der Waals surface area contributed by atoms with E-state index in [1.807, 2.05) is 0 Å². The van der Waals surface area contributed by atoms with Crippen LogP contribution in [0.4, 0.5) is 22.1 Å². The van der Waals surface area contributed by atoms with Crippen molar-refractivity contribution in [3.63, 3.8) is 0 Å². The normalized spacial score (nSPS) is 11.6. The molecule has 2 aromatic carbocycles. The van der Waals surface area contributed by atoms with E-state index in [0.29, 0.717) is 21.2 Å². The van der Waals surface area contributed by atoms with E-state index in [1.165, 1.54) is 43.3 Å². The number of thiophene rings is 1. The number of nitrogens with zero attached hydrogens (tertiary/aromatic N) is 2. The van der Waals surface area contributed by atoms with Gasteiger partial charge in [-0.05, 0) is 62.7 Å². The SMILES string of the molecule is CCOC(=O)c1c(NC(C)=O)sc(/C(C)=N/Nc2ccc(S(=O)(=O)Nc3ccc(Cl)cc3)cc2[N+](=O)[O-])c1C. The molecule has 0 spiro atoms. The zero-order valence-corrected chi connectivity index (χ0v) is 23.6. The van der Waals surface area contributed by atoms with Gasteiger partial charge >= 0.3 is 5.97 Å². The third-order valence-electron chi connectivity index (χ3n) is 5.16. The lowest BCUT2D eigenvalue weighted by Crippen LogP contribution is -2.13. The van der Waals surface area contributed by atoms with E-state index in [4.69, 9.17) is 16.3 Å². The molecular weight excluding hydrogens is 570 g/mol. The van der Waals surface area contributed by atoms with Crippen LogP contribution in [0.3, 0.4) is 0 Å². The number of nitro benzene ring substituents is 1. The lowest BCUT2D eigenvalue weighted by atomic mass is 10.1. The average molecular weight is 594 g/mol. The van der Waals surface area contributed by atoms with Gasteiger partial charge in [-0.15, -0.1) is 11.3 Å². The number of nitro groups is 1. The van der Waals surface area contributed by atoms with Gasteiger partial charge in [0.15, 0.2) is 0 Å². The summed E-state index contributed by atoms with van der Waals surface area (Å²) in [6.07, 6.45) is 0. The Morgan fingerprint density at radius 1 is 1.15 bits per heavy atom. The van der Waals surface area contributed by atoms with Crippen LogP contribution >= 0.6 is 22.9 Å². The molecule has 0 radical (unpaired) electrons. The molecule has 1 amide bonds. The van der Waals surface area contributed by atoms with Crippen LogP contribution in [-0.2, 0) is 19.6 Å². The van der Waals surface area contributed by atoms with E-state index in [2.05, 4.69) is 20.6 Å². The number of nitrogens with one attached hydrogen (secondary N) is 3. The molecule has 0 aliphatic heterocycles. The Kier molecular flexibility index (Phi) is 9.27. The van der Waals surface area contributed by atoms with E-state index < -0.39 is 26.6 Å². The number of esters is 1. The average Bonchev–Trinajstić information content (AvgIpc) is 3.18. The number of hydrogen-bond donors (Lipinski definition) is 3. The molecule has 0 unspecified atom stereocenters. The van der Waals surface area contributed by atoms with Gasteiger partial charge in [-0.2, -0.15) is 5.10 Å². The number of benzene rings is 2. The summed E-state index contributed by atoms with van der Waals surface area (Å²) in [6.45, 7) is 6.38. The van der Waals surface area contributed by atoms with Crippen molar-refractivity contribution < 1.29 is 27.7 Å². The molecule has 3 N–H and O–H groups in total. The van der Waals surface area contributed by atoms with E-state index in [0.717, 1.165) is 17.4 Å². The largest absolute Gasteiger partial charge is 0.462 e. The summed E-state index contributed by atoms with van der Waals surface area (Å²) in [5.74, 6) is -0.987. The van der Waals surface area contributed by atoms with Crippen LogP contribution < -0.4 is 15.5 Å². The van der Waals surface area contributed by atoms with E-state index in [1.54, 1.807) is 20.8 Å². The lowest BCUT2D eigenvalue weighted by molar-refractivity contribution is -0.384. The van der Waals surface area contributed by atoms with Gasteiger partial charge in [-0.1, -0.05) is 11.6 Å². The topological polar surface area (TPSA) is 169 Å². The summed E-state index contributed by atoms with van der Waals surface area (Å²) >= 11 is 6.92. The van der Waals surface area contributed by atoms with Crippen LogP contribution in [0.1, 0.15) is 41.6 Å². The number of rotatable bonds is 10. The summed E-state index contributed by atoms with van der Waals surface area (Å²) in [5, 5.41) is 19.3. The van der Waals surface area contributed by atoms with Crippen LogP contribution in [-0.4, -0.2) is 37.5 Å². The Bertz CT molecular complexity index is 1570. The minimum Gasteiger partial charge on any atom is -0.462 e. The summed E-state index contributed by atoms with van der Waals surface area (Å²) in [7, 11) is -4.14. The van der Waals surface area contributed by atoms with Crippen molar-refractivity contribution in [1.82, 2.24) is 0 Å². The number of ether oxygens (including phenoxy) is 1. The number of halogens is 1. The number of hydrazone groups is 1. The third kappa shape index (κ3) is 7.10. The highest BCUT2D eigenvalue weighted by molar-refractivity contribution is 7.92. The number of anilines is 3. The molecule has 0 aliphatic carbocycles. The number of carbonyl (C=O) groups is 2. The zero-order valence-electron chi connectivity index (χ0n) is 21.2. The predicted octanol–water partition coefficient (Wildman–Crippen LogP) is 5.39. The summed E-state index contributed by atoms with van der Waals surface area (Å²) in [6, 6.07) is 9.24. The Hall–Kier alpha value is -4.01. The van der Waals surface area contributed by atoms with E-state index in [-0.39, 0.29) is 39.3 Å². The molecule has 1 aromatic heterocycles. The fourth-order valence-electron chi connectivity index (χ4n) is 3.41. The lowest BCUT2D eigenvalue weighted by Gasteiger charge is -2.10. The monoisotopic (exact) mass is 593 g/mol. The Morgan fingerprint density at radius 3 is 2.41 bits per heavy atom. The fourth-order valence-corrected chi connectivity index (χ4v) is 5.80. The van der Waals surface area contributed by atoms with Crippen molar-refractivity contribution in [2.24, 2.45) is 5.10 Å². The predicted molar refractivity (Wildman–Crippen MR) is 151 cm³/mol. The smallest absolute Gasteiger partial charge is 0.341 e. The van der Waals surface area contributed by atoms with E-state index in [9.17, 15) is 28.1 Å². The second-order valence-electron chi connectivity index (χ2n) is 8.02. The molecule has 12 nitrogen and oxygen atoms in total. The quantitative estimate of drug-likeness (QED) is 0.122. The number of hydrogen-bond acceptors (Lipinski definition) is 10. The Balaban J connectivity index is 1.93. The van der Waals surface area contributed by atoms with Crippen LogP contribution in [0, 0.1) is 17.0 Å². The molecular formula is C24H24ClN5O7S2. The van der Waals surface area contributed by atoms with Gasteiger partial charge < -0.3 is 10.1 Å². The van der Waals surface area contributed by atoms with Crippen LogP contribution in [0.25, 0.3) is 0 Å². The Morgan fingerprint density at radius 2 is 1.82 bits per heavy atom. The maximum Gasteiger partial charge on any atom is 0.341 e. The van der Waals surface area contributed by atoms with Gasteiger partial charge in [0.1, 0.15) is 10.7 Å². The molecule has 0 bridgehead atoms. The first-order valence-corrected chi connectivity index (χ1v) is 14.0. The molecule has 3 rings (SSSR count). The molecule has 206 valence electrons. The van der Waals surface area contributed by atoms with Gasteiger partial charge in [0, 0.05) is 23.7 Å². The molecule has 0 fully saturated rings. The molecule has 1 heterocycles. The number of amides is 1. The van der Waals surface area contributed by atoms with E-state index >= 15 is 0 Å². The maximum atomic E-state index is 12.8. The molecule has 0 aliphatic rings. The first kappa shape index (κ1) is 29.5. The first-order valence-electron chi connectivity index (χ1n) is 11.3. The first-order chi connectivity index (χ1) is 18.3. The minimum absolute atomic E-state index is 0.0632. The van der Waals surface area contributed by atoms with Crippen molar-refractivity contribution >= 4 is 72.6 Å². The van der Waals surface area contributed by atoms with Gasteiger partial charge in [0.2, 0.25) is 5.91 Å². The second kappa shape index (κ2) is 12.2. The number of sulfonamides is 1. The molecule has 0 saturated carbocycles. The standard InChI is InChI=1S/C24H24ClN5O7S2/c1-5-37-24(32)21-13(2)22(38-23(21)26-15(4)31)14(3)27-28-19-11-10-18(12-20(19)30(33)34)39(35,36)29-17-8-6-16(25)7-9-17/h6-12,28-29H,5H2,1-4H3,(H,26,31)/b27-14+. The van der Waals surface area contributed by atoms with Gasteiger partial charge in [0.05, 0.1) is 32.6 Å². The second-order valence-corrected chi connectivity index (χ2v) is 11.2. The summed E-state index contributed by atoms with van der Waals surface area (Å²) in [4.78, 5) is 35.3. The molecule has 0 atom stereocenters. The van der Waals surface area contributed by atoms with Gasteiger partial charge in [-0.25, -0.2) is 13.2 Å². The fraction of sp³-hybridized carbons (Fsp3) is 0.208.